The molecule has 0 unspecified atom stereocenters. The van der Waals surface area contributed by atoms with Crippen LogP contribution >= 0.6 is 12.2 Å². The lowest BCUT2D eigenvalue weighted by Gasteiger charge is -2.17. The highest BCUT2D eigenvalue weighted by Crippen LogP contribution is 2.06. The Morgan fingerprint density at radius 1 is 1.45 bits per heavy atom. The average molecular weight is 427 g/mol. The number of hydrogen-bond acceptors (Lipinski definition) is 10. The van der Waals surface area contributed by atoms with Gasteiger partial charge in [0.05, 0.1) is 30.4 Å². The molecular weight excluding hydrogens is 406 g/mol. The molecule has 0 amide bonds. The Bertz CT molecular complexity index is 956. The number of anilines is 1. The van der Waals surface area contributed by atoms with Gasteiger partial charge in [0.2, 0.25) is 5.95 Å². The van der Waals surface area contributed by atoms with Crippen molar-refractivity contribution in [3.8, 4) is 0 Å². The largest absolute Gasteiger partial charge is 0.480 e. The highest BCUT2D eigenvalue weighted by molar-refractivity contribution is 7.80. The van der Waals surface area contributed by atoms with Gasteiger partial charge in [-0.2, -0.15) is 4.98 Å². The number of H-pyrrole nitrogens is 1. The summed E-state index contributed by atoms with van der Waals surface area (Å²) in [6.45, 7) is 1.45. The summed E-state index contributed by atoms with van der Waals surface area (Å²) in [4.78, 5) is 45.3. The highest BCUT2D eigenvalue weighted by Gasteiger charge is 2.23. The number of carbonyl (C=O) groups excluding carboxylic acids is 1. The van der Waals surface area contributed by atoms with Gasteiger partial charge in [-0.3, -0.25) is 14.6 Å². The quantitative estimate of drug-likeness (QED) is 0.164. The Kier molecular flexibility index (Phi) is 7.58. The maximum Gasteiger partial charge on any atom is 0.326 e. The minimum absolute atomic E-state index is 0.00906. The molecule has 0 radical (unpaired) electrons. The second kappa shape index (κ2) is 9.90. The molecule has 2 aromatic heterocycles. The summed E-state index contributed by atoms with van der Waals surface area (Å²) in [5, 5.41) is 11.7. The first kappa shape index (κ1) is 22.2. The second-order valence-electron chi connectivity index (χ2n) is 5.99. The van der Waals surface area contributed by atoms with Crippen molar-refractivity contribution < 1.29 is 24.2 Å². The lowest BCUT2D eigenvalue weighted by atomic mass is 10.2. The minimum Gasteiger partial charge on any atom is -0.480 e. The normalized spacial score (nSPS) is 13.0. The van der Waals surface area contributed by atoms with Gasteiger partial charge >= 0.3 is 11.9 Å². The molecule has 0 saturated heterocycles. The number of imidazole rings is 1. The number of aliphatic carboxylic acids is 1. The van der Waals surface area contributed by atoms with Crippen molar-refractivity contribution in [3.05, 3.63) is 16.7 Å². The molecule has 0 saturated carbocycles. The van der Waals surface area contributed by atoms with Gasteiger partial charge in [0.1, 0.15) is 19.4 Å². The summed E-state index contributed by atoms with van der Waals surface area (Å²) in [5.41, 5.74) is 10.9. The van der Waals surface area contributed by atoms with Crippen LogP contribution in [0.1, 0.15) is 13.3 Å². The number of rotatable bonds is 10. The van der Waals surface area contributed by atoms with Crippen LogP contribution in [0, 0.1) is 0 Å². The lowest BCUT2D eigenvalue weighted by Crippen LogP contribution is -2.47. The molecule has 2 aromatic rings. The monoisotopic (exact) mass is 427 g/mol. The number of nitrogen functional groups attached to an aromatic ring is 1. The maximum absolute atomic E-state index is 11.9. The van der Waals surface area contributed by atoms with E-state index in [4.69, 9.17) is 38.3 Å². The Balaban J connectivity index is 1.77. The summed E-state index contributed by atoms with van der Waals surface area (Å²) in [5.74, 6) is -2.05. The van der Waals surface area contributed by atoms with Crippen molar-refractivity contribution in [1.29, 1.82) is 0 Å². The molecule has 14 heteroatoms. The number of carbonyl (C=O) groups is 2. The van der Waals surface area contributed by atoms with Gasteiger partial charge in [0.15, 0.2) is 11.2 Å². The number of carboxylic acid groups (broad SMARTS) is 1. The van der Waals surface area contributed by atoms with Crippen LogP contribution < -0.4 is 22.3 Å². The van der Waals surface area contributed by atoms with Crippen molar-refractivity contribution in [1.82, 2.24) is 24.8 Å². The van der Waals surface area contributed by atoms with E-state index in [0.29, 0.717) is 0 Å². The topological polar surface area (TPSA) is 200 Å². The molecule has 0 fully saturated rings. The number of ether oxygens (including phenoxy) is 2. The second-order valence-corrected chi connectivity index (χ2v) is 6.43. The van der Waals surface area contributed by atoms with E-state index in [1.54, 1.807) is 6.92 Å². The zero-order valence-corrected chi connectivity index (χ0v) is 16.3. The molecule has 0 aromatic carbocycles. The molecule has 29 heavy (non-hydrogen) atoms. The van der Waals surface area contributed by atoms with Crippen molar-refractivity contribution in [2.75, 3.05) is 18.9 Å². The molecule has 2 heterocycles. The molecule has 0 bridgehead atoms. The predicted molar refractivity (Wildman–Crippen MR) is 105 cm³/mol. The van der Waals surface area contributed by atoms with Crippen molar-refractivity contribution in [2.24, 2.45) is 5.73 Å². The predicted octanol–water partition coefficient (Wildman–Crippen LogP) is -1.67. The maximum atomic E-state index is 11.9. The molecule has 0 aliphatic rings. The number of aromatic nitrogens is 4. The third-order valence-corrected chi connectivity index (χ3v) is 4.11. The highest BCUT2D eigenvalue weighted by atomic mass is 32.1. The van der Waals surface area contributed by atoms with Crippen LogP contribution in [0.4, 0.5) is 5.95 Å². The van der Waals surface area contributed by atoms with E-state index in [-0.39, 0.29) is 42.0 Å². The van der Waals surface area contributed by atoms with Gasteiger partial charge < -0.3 is 35.9 Å². The van der Waals surface area contributed by atoms with Gasteiger partial charge in [-0.15, -0.1) is 0 Å². The van der Waals surface area contributed by atoms with Crippen LogP contribution in [0.25, 0.3) is 11.2 Å². The molecule has 13 nitrogen and oxygen atoms in total. The van der Waals surface area contributed by atoms with Crippen LogP contribution in [-0.4, -0.2) is 66.9 Å². The van der Waals surface area contributed by atoms with Crippen LogP contribution in [0.5, 0.6) is 0 Å². The molecule has 0 aliphatic heterocycles. The van der Waals surface area contributed by atoms with Crippen LogP contribution in [0.2, 0.25) is 0 Å². The minimum atomic E-state index is -1.26. The fourth-order valence-corrected chi connectivity index (χ4v) is 2.35. The standard InChI is InChI=1S/C15H21N7O6S/c1-7(16)13(29)19-8(14(25)26)4-9(23)28-3-2-27-6-22-5-18-11-10(22)12(24)21-15(17)20-11/h5,7-8H,2-4,6,16H2,1H3,(H,19,29)(H,25,26)(H3,17,20,21,24)/t7-,8-/m0/s1. The zero-order valence-electron chi connectivity index (χ0n) is 15.5. The van der Waals surface area contributed by atoms with Crippen LogP contribution in [0.15, 0.2) is 11.1 Å². The van der Waals surface area contributed by atoms with Crippen molar-refractivity contribution in [3.63, 3.8) is 0 Å². The number of thiocarbonyl (C=S) groups is 1. The summed E-state index contributed by atoms with van der Waals surface area (Å²) in [6.07, 6.45) is 0.930. The van der Waals surface area contributed by atoms with E-state index >= 15 is 0 Å². The first-order valence-corrected chi connectivity index (χ1v) is 8.82. The van der Waals surface area contributed by atoms with E-state index in [9.17, 15) is 14.4 Å². The SMILES string of the molecule is C[C@H](N)C(=S)N[C@@H](CC(=O)OCCOCn1cnc2nc(N)[nH]c(=O)c21)C(=O)O. The van der Waals surface area contributed by atoms with E-state index < -0.39 is 36.0 Å². The van der Waals surface area contributed by atoms with E-state index in [2.05, 4.69) is 20.3 Å². The Labute approximate surface area is 169 Å². The van der Waals surface area contributed by atoms with E-state index in [0.717, 1.165) is 0 Å². The van der Waals surface area contributed by atoms with Crippen molar-refractivity contribution >= 4 is 46.3 Å². The summed E-state index contributed by atoms with van der Waals surface area (Å²) in [6, 6.07) is -1.79. The Morgan fingerprint density at radius 3 is 2.83 bits per heavy atom. The lowest BCUT2D eigenvalue weighted by molar-refractivity contribution is -0.150. The molecular formula is C15H21N7O6S. The third-order valence-electron chi connectivity index (χ3n) is 3.62. The molecule has 0 spiro atoms. The number of nitrogens with one attached hydrogen (secondary N) is 2. The Hall–Kier alpha value is -3.10. The van der Waals surface area contributed by atoms with Gasteiger partial charge in [-0.25, -0.2) is 9.78 Å². The van der Waals surface area contributed by atoms with Crippen molar-refractivity contribution in [2.45, 2.75) is 32.2 Å². The molecule has 2 rings (SSSR count). The van der Waals surface area contributed by atoms with Crippen LogP contribution in [-0.2, 0) is 25.8 Å². The Morgan fingerprint density at radius 2 is 2.17 bits per heavy atom. The number of hydrogen-bond donors (Lipinski definition) is 5. The molecule has 2 atom stereocenters. The van der Waals surface area contributed by atoms with Gasteiger partial charge in [-0.05, 0) is 6.92 Å². The van der Waals surface area contributed by atoms with E-state index in [1.807, 2.05) is 0 Å². The first-order chi connectivity index (χ1) is 13.7. The number of esters is 1. The number of nitrogens with zero attached hydrogens (tertiary/aromatic N) is 3. The number of nitrogens with two attached hydrogens (primary N) is 2. The van der Waals surface area contributed by atoms with E-state index in [1.165, 1.54) is 10.9 Å². The summed E-state index contributed by atoms with van der Waals surface area (Å²) < 4.78 is 11.7. The molecule has 158 valence electrons. The smallest absolute Gasteiger partial charge is 0.326 e. The fourth-order valence-electron chi connectivity index (χ4n) is 2.21. The van der Waals surface area contributed by atoms with Crippen LogP contribution in [0.3, 0.4) is 0 Å². The zero-order chi connectivity index (χ0) is 21.6. The van der Waals surface area contributed by atoms with Gasteiger partial charge in [0.25, 0.3) is 5.56 Å². The average Bonchev–Trinajstić information content (AvgIpc) is 3.03. The fraction of sp³-hybridized carbons (Fsp3) is 0.467. The third kappa shape index (κ3) is 6.20. The molecule has 0 aliphatic carbocycles. The first-order valence-electron chi connectivity index (χ1n) is 8.41. The van der Waals surface area contributed by atoms with Gasteiger partial charge in [-0.1, -0.05) is 12.2 Å². The summed E-state index contributed by atoms with van der Waals surface area (Å²) >= 11 is 4.92. The molecule has 7 N–H and O–H groups in total. The number of aromatic amines is 1. The number of fused-ring (bicyclic) bond motifs is 1. The summed E-state index contributed by atoms with van der Waals surface area (Å²) in [7, 11) is 0. The van der Waals surface area contributed by atoms with Gasteiger partial charge in [0, 0.05) is 0 Å². The number of carboxylic acids is 1.